The van der Waals surface area contributed by atoms with Crippen molar-refractivity contribution in [2.75, 3.05) is 5.75 Å². The lowest BCUT2D eigenvalue weighted by Gasteiger charge is -2.11. The fourth-order valence-electron chi connectivity index (χ4n) is 2.04. The van der Waals surface area contributed by atoms with Gasteiger partial charge < -0.3 is 0 Å². The zero-order valence-corrected chi connectivity index (χ0v) is 12.3. The molecule has 0 aliphatic rings. The van der Waals surface area contributed by atoms with Gasteiger partial charge in [0.1, 0.15) is 0 Å². The molecule has 0 N–H and O–H groups in total. The smallest absolute Gasteiger partial charge is 0.281 e. The van der Waals surface area contributed by atoms with E-state index >= 15 is 0 Å². The first-order chi connectivity index (χ1) is 10.8. The predicted octanol–water partition coefficient (Wildman–Crippen LogP) is 1.85. The molecule has 7 heteroatoms. The van der Waals surface area contributed by atoms with Crippen LogP contribution in [0.15, 0.2) is 52.7 Å². The van der Waals surface area contributed by atoms with Gasteiger partial charge in [0.25, 0.3) is 5.56 Å². The van der Waals surface area contributed by atoms with Crippen LogP contribution < -0.4 is 5.56 Å². The van der Waals surface area contributed by atoms with E-state index in [9.17, 15) is 4.79 Å². The molecule has 0 bridgehead atoms. The number of rotatable bonds is 4. The Morgan fingerprint density at radius 3 is 2.73 bits per heavy atom. The summed E-state index contributed by atoms with van der Waals surface area (Å²) in [4.78, 5) is 25.2. The molecule has 3 aromatic rings. The SMILES string of the molecule is N#CCSc1nc2nccnc2c(=O)n1Cc1ccccc1. The first kappa shape index (κ1) is 14.2. The molecular formula is C15H11N5OS. The maximum Gasteiger partial charge on any atom is 0.282 e. The number of nitriles is 1. The standard InChI is InChI=1S/C15H11N5OS/c16-6-9-22-15-19-13-12(17-7-8-18-13)14(21)20(15)10-11-4-2-1-3-5-11/h1-5,7-8H,9-10H2. The summed E-state index contributed by atoms with van der Waals surface area (Å²) in [6.45, 7) is 0.382. The lowest BCUT2D eigenvalue weighted by molar-refractivity contribution is 0.654. The van der Waals surface area contributed by atoms with E-state index in [-0.39, 0.29) is 16.8 Å². The van der Waals surface area contributed by atoms with Crippen molar-refractivity contribution in [3.05, 3.63) is 58.6 Å². The summed E-state index contributed by atoms with van der Waals surface area (Å²) in [7, 11) is 0. The fourth-order valence-corrected chi connectivity index (χ4v) is 2.69. The van der Waals surface area contributed by atoms with Gasteiger partial charge in [-0.2, -0.15) is 5.26 Å². The molecule has 2 aromatic heterocycles. The van der Waals surface area contributed by atoms with E-state index in [2.05, 4.69) is 15.0 Å². The quantitative estimate of drug-likeness (QED) is 0.540. The van der Waals surface area contributed by atoms with Gasteiger partial charge in [-0.1, -0.05) is 42.1 Å². The van der Waals surface area contributed by atoms with E-state index in [0.717, 1.165) is 5.56 Å². The first-order valence-corrected chi connectivity index (χ1v) is 7.53. The first-order valence-electron chi connectivity index (χ1n) is 6.55. The van der Waals surface area contributed by atoms with Crippen LogP contribution >= 0.6 is 11.8 Å². The van der Waals surface area contributed by atoms with Gasteiger partial charge in [-0.3, -0.25) is 9.36 Å². The molecule has 3 rings (SSSR count). The summed E-state index contributed by atoms with van der Waals surface area (Å²) in [5.74, 6) is 0.215. The van der Waals surface area contributed by atoms with E-state index in [0.29, 0.717) is 17.3 Å². The highest BCUT2D eigenvalue weighted by Crippen LogP contribution is 2.16. The number of aromatic nitrogens is 4. The Morgan fingerprint density at radius 2 is 1.95 bits per heavy atom. The van der Waals surface area contributed by atoms with Crippen molar-refractivity contribution >= 4 is 22.9 Å². The Hall–Kier alpha value is -2.72. The van der Waals surface area contributed by atoms with Crippen LogP contribution in [-0.4, -0.2) is 25.3 Å². The molecule has 0 amide bonds. The highest BCUT2D eigenvalue weighted by molar-refractivity contribution is 7.99. The molecule has 108 valence electrons. The molecule has 0 radical (unpaired) electrons. The maximum atomic E-state index is 12.6. The van der Waals surface area contributed by atoms with Crippen LogP contribution in [0.2, 0.25) is 0 Å². The third-order valence-electron chi connectivity index (χ3n) is 3.01. The molecule has 0 saturated carbocycles. The van der Waals surface area contributed by atoms with Gasteiger partial charge in [-0.25, -0.2) is 15.0 Å². The number of hydrogen-bond acceptors (Lipinski definition) is 6. The molecule has 0 saturated heterocycles. The van der Waals surface area contributed by atoms with Crippen LogP contribution in [-0.2, 0) is 6.54 Å². The van der Waals surface area contributed by atoms with Crippen LogP contribution in [0.3, 0.4) is 0 Å². The number of nitrogens with zero attached hydrogens (tertiary/aromatic N) is 5. The van der Waals surface area contributed by atoms with E-state index in [1.165, 1.54) is 28.7 Å². The molecule has 22 heavy (non-hydrogen) atoms. The fraction of sp³-hybridized carbons (Fsp3) is 0.133. The van der Waals surface area contributed by atoms with Gasteiger partial charge in [0, 0.05) is 12.4 Å². The highest BCUT2D eigenvalue weighted by atomic mass is 32.2. The van der Waals surface area contributed by atoms with Gasteiger partial charge in [-0.05, 0) is 5.56 Å². The molecule has 6 nitrogen and oxygen atoms in total. The van der Waals surface area contributed by atoms with Crippen LogP contribution in [0.5, 0.6) is 0 Å². The maximum absolute atomic E-state index is 12.6. The molecule has 0 atom stereocenters. The second-order valence-electron chi connectivity index (χ2n) is 4.45. The summed E-state index contributed by atoms with van der Waals surface area (Å²) >= 11 is 1.22. The van der Waals surface area contributed by atoms with Gasteiger partial charge in [-0.15, -0.1) is 0 Å². The van der Waals surface area contributed by atoms with Crippen molar-refractivity contribution < 1.29 is 0 Å². The normalized spacial score (nSPS) is 10.5. The minimum absolute atomic E-state index is 0.215. The molecule has 0 spiro atoms. The summed E-state index contributed by atoms with van der Waals surface area (Å²) in [6.07, 6.45) is 2.97. The number of hydrogen-bond donors (Lipinski definition) is 0. The second kappa shape index (κ2) is 6.37. The van der Waals surface area contributed by atoms with E-state index < -0.39 is 0 Å². The Morgan fingerprint density at radius 1 is 1.18 bits per heavy atom. The van der Waals surface area contributed by atoms with E-state index in [1.54, 1.807) is 0 Å². The third-order valence-corrected chi connectivity index (χ3v) is 3.85. The monoisotopic (exact) mass is 309 g/mol. The largest absolute Gasteiger partial charge is 0.282 e. The average Bonchev–Trinajstić information content (AvgIpc) is 2.57. The Balaban J connectivity index is 2.15. The van der Waals surface area contributed by atoms with Crippen molar-refractivity contribution in [1.82, 2.24) is 19.5 Å². The van der Waals surface area contributed by atoms with Gasteiger partial charge >= 0.3 is 0 Å². The molecule has 1 aromatic carbocycles. The topological polar surface area (TPSA) is 84.5 Å². The van der Waals surface area contributed by atoms with E-state index in [1.807, 2.05) is 36.4 Å². The molecule has 0 fully saturated rings. The summed E-state index contributed by atoms with van der Waals surface area (Å²) in [5.41, 5.74) is 1.27. The van der Waals surface area contributed by atoms with Gasteiger partial charge in [0.15, 0.2) is 16.3 Å². The van der Waals surface area contributed by atoms with Crippen molar-refractivity contribution in [2.45, 2.75) is 11.7 Å². The molecule has 0 aliphatic carbocycles. The van der Waals surface area contributed by atoms with E-state index in [4.69, 9.17) is 5.26 Å². The zero-order valence-electron chi connectivity index (χ0n) is 11.5. The average molecular weight is 309 g/mol. The molecular weight excluding hydrogens is 298 g/mol. The number of thioether (sulfide) groups is 1. The minimum atomic E-state index is -0.248. The number of benzene rings is 1. The summed E-state index contributed by atoms with van der Waals surface area (Å²) < 4.78 is 1.54. The van der Waals surface area contributed by atoms with Crippen LogP contribution in [0, 0.1) is 11.3 Å². The summed E-state index contributed by atoms with van der Waals surface area (Å²) in [6, 6.07) is 11.7. The molecule has 0 unspecified atom stereocenters. The lowest BCUT2D eigenvalue weighted by atomic mass is 10.2. The highest BCUT2D eigenvalue weighted by Gasteiger charge is 2.13. The van der Waals surface area contributed by atoms with Gasteiger partial charge in [0.05, 0.1) is 18.4 Å². The van der Waals surface area contributed by atoms with Crippen LogP contribution in [0.1, 0.15) is 5.56 Å². The predicted molar refractivity (Wildman–Crippen MR) is 83.5 cm³/mol. The van der Waals surface area contributed by atoms with Gasteiger partial charge in [0.2, 0.25) is 0 Å². The van der Waals surface area contributed by atoms with Crippen LogP contribution in [0.4, 0.5) is 0 Å². The lowest BCUT2D eigenvalue weighted by Crippen LogP contribution is -2.25. The molecule has 2 heterocycles. The minimum Gasteiger partial charge on any atom is -0.281 e. The van der Waals surface area contributed by atoms with Crippen molar-refractivity contribution in [1.29, 1.82) is 5.26 Å². The summed E-state index contributed by atoms with van der Waals surface area (Å²) in [5, 5.41) is 9.25. The van der Waals surface area contributed by atoms with Crippen LogP contribution in [0.25, 0.3) is 11.2 Å². The van der Waals surface area contributed by atoms with Crippen molar-refractivity contribution in [2.24, 2.45) is 0 Å². The Kier molecular flexibility index (Phi) is 4.12. The second-order valence-corrected chi connectivity index (χ2v) is 5.39. The Labute approximate surface area is 130 Å². The zero-order chi connectivity index (χ0) is 15.4. The number of fused-ring (bicyclic) bond motifs is 1. The van der Waals surface area contributed by atoms with Crippen molar-refractivity contribution in [3.63, 3.8) is 0 Å². The molecule has 0 aliphatic heterocycles. The Bertz CT molecular complexity index is 901. The third kappa shape index (κ3) is 2.82. The van der Waals surface area contributed by atoms with Crippen molar-refractivity contribution in [3.8, 4) is 6.07 Å².